The van der Waals surface area contributed by atoms with E-state index in [1.54, 1.807) is 0 Å². The molecule has 30 heavy (non-hydrogen) atoms. The van der Waals surface area contributed by atoms with Crippen LogP contribution in [0.3, 0.4) is 0 Å². The van der Waals surface area contributed by atoms with Crippen LogP contribution in [0, 0.1) is 11.8 Å². The van der Waals surface area contributed by atoms with Crippen molar-refractivity contribution in [2.24, 2.45) is 11.8 Å². The van der Waals surface area contributed by atoms with Gasteiger partial charge in [-0.1, -0.05) is 30.3 Å². The molecule has 4 N–H and O–H groups in total. The number of pyridine rings is 1. The normalized spacial score (nSPS) is 33.6. The molecule has 1 saturated carbocycles. The van der Waals surface area contributed by atoms with E-state index in [0.29, 0.717) is 17.9 Å². The molecule has 1 aromatic carbocycles. The quantitative estimate of drug-likeness (QED) is 0.628. The molecule has 2 aromatic rings. The minimum Gasteiger partial charge on any atom is -0.353 e. The van der Waals surface area contributed by atoms with Crippen LogP contribution in [-0.4, -0.2) is 36.1 Å². The van der Waals surface area contributed by atoms with Crippen LogP contribution in [0.2, 0.25) is 0 Å². The monoisotopic (exact) mass is 405 g/mol. The Bertz CT molecular complexity index is 845. The summed E-state index contributed by atoms with van der Waals surface area (Å²) in [5.41, 5.74) is 9.54. The van der Waals surface area contributed by atoms with Gasteiger partial charge in [0.1, 0.15) is 0 Å². The zero-order chi connectivity index (χ0) is 20.3. The lowest BCUT2D eigenvalue weighted by Crippen LogP contribution is -2.49. The van der Waals surface area contributed by atoms with Crippen LogP contribution in [-0.2, 0) is 4.79 Å². The Morgan fingerprint density at radius 3 is 2.60 bits per heavy atom. The molecular formula is C24H31N5O. The number of piperidine rings is 1. The summed E-state index contributed by atoms with van der Waals surface area (Å²) in [5.74, 6) is 1.14. The van der Waals surface area contributed by atoms with Crippen molar-refractivity contribution < 1.29 is 4.79 Å². The number of benzene rings is 1. The second-order valence-electron chi connectivity index (χ2n) is 9.03. The maximum absolute atomic E-state index is 13.1. The highest BCUT2D eigenvalue weighted by Crippen LogP contribution is 2.38. The lowest BCUT2D eigenvalue weighted by atomic mass is 9.77. The number of amides is 1. The van der Waals surface area contributed by atoms with E-state index in [9.17, 15) is 4.79 Å². The molecule has 5 rings (SSSR count). The van der Waals surface area contributed by atoms with E-state index in [2.05, 4.69) is 62.9 Å². The van der Waals surface area contributed by atoms with E-state index in [0.717, 1.165) is 38.8 Å². The van der Waals surface area contributed by atoms with Gasteiger partial charge in [-0.2, -0.15) is 0 Å². The summed E-state index contributed by atoms with van der Waals surface area (Å²) < 4.78 is 0. The predicted molar refractivity (Wildman–Crippen MR) is 116 cm³/mol. The van der Waals surface area contributed by atoms with E-state index in [1.807, 2.05) is 18.5 Å². The highest BCUT2D eigenvalue weighted by molar-refractivity contribution is 5.79. The first-order chi connectivity index (χ1) is 14.8. The van der Waals surface area contributed by atoms with E-state index in [-0.39, 0.29) is 23.9 Å². The second kappa shape index (κ2) is 8.84. The van der Waals surface area contributed by atoms with Crippen LogP contribution in [0.15, 0.2) is 54.9 Å². The topological polar surface area (TPSA) is 78.1 Å². The van der Waals surface area contributed by atoms with Gasteiger partial charge in [0.2, 0.25) is 5.91 Å². The SMILES string of the molecule is O=C(NC1CCC2NNC(c3ccncc3)C2C1)C1CNCC(c2ccccc2)C1. The Morgan fingerprint density at radius 2 is 1.77 bits per heavy atom. The molecule has 0 spiro atoms. The number of nitrogens with one attached hydrogen (secondary N) is 4. The fourth-order valence-electron chi connectivity index (χ4n) is 5.53. The second-order valence-corrected chi connectivity index (χ2v) is 9.03. The molecule has 6 nitrogen and oxygen atoms in total. The minimum absolute atomic E-state index is 0.0394. The third kappa shape index (κ3) is 4.13. The molecule has 1 amide bonds. The van der Waals surface area contributed by atoms with Gasteiger partial charge in [-0.15, -0.1) is 0 Å². The minimum atomic E-state index is 0.0394. The molecule has 158 valence electrons. The van der Waals surface area contributed by atoms with Crippen molar-refractivity contribution in [3.63, 3.8) is 0 Å². The Morgan fingerprint density at radius 1 is 0.933 bits per heavy atom. The molecule has 2 saturated heterocycles. The van der Waals surface area contributed by atoms with Gasteiger partial charge in [0.25, 0.3) is 0 Å². The number of hydrogen-bond acceptors (Lipinski definition) is 5. The molecule has 1 aliphatic carbocycles. The maximum Gasteiger partial charge on any atom is 0.224 e. The van der Waals surface area contributed by atoms with Gasteiger partial charge < -0.3 is 10.6 Å². The maximum atomic E-state index is 13.1. The van der Waals surface area contributed by atoms with Crippen LogP contribution in [0.5, 0.6) is 0 Å². The van der Waals surface area contributed by atoms with E-state index in [4.69, 9.17) is 0 Å². The number of aromatic nitrogens is 1. The molecule has 1 aromatic heterocycles. The molecule has 3 heterocycles. The van der Waals surface area contributed by atoms with Crippen LogP contribution in [0.4, 0.5) is 0 Å². The molecule has 2 aliphatic heterocycles. The van der Waals surface area contributed by atoms with Gasteiger partial charge in [0.15, 0.2) is 0 Å². The average molecular weight is 406 g/mol. The standard InChI is InChI=1S/C24H31N5O/c30-24(19-12-18(14-26-15-19)16-4-2-1-3-5-16)27-20-6-7-22-21(13-20)23(29-28-22)17-8-10-25-11-9-17/h1-5,8-11,18-23,26,28-29H,6-7,12-15H2,(H,27,30). The summed E-state index contributed by atoms with van der Waals surface area (Å²) in [6.07, 6.45) is 7.75. The van der Waals surface area contributed by atoms with E-state index in [1.165, 1.54) is 11.1 Å². The summed E-state index contributed by atoms with van der Waals surface area (Å²) in [5, 5.41) is 6.88. The summed E-state index contributed by atoms with van der Waals surface area (Å²) in [6.45, 7) is 1.72. The van der Waals surface area contributed by atoms with Crippen molar-refractivity contribution in [3.8, 4) is 0 Å². The van der Waals surface area contributed by atoms with Crippen LogP contribution >= 0.6 is 0 Å². The molecule has 0 radical (unpaired) electrons. The molecule has 6 unspecified atom stereocenters. The lowest BCUT2D eigenvalue weighted by molar-refractivity contribution is -0.126. The average Bonchev–Trinajstić information content (AvgIpc) is 3.23. The van der Waals surface area contributed by atoms with Crippen molar-refractivity contribution in [2.45, 2.75) is 49.7 Å². The molecular weight excluding hydrogens is 374 g/mol. The van der Waals surface area contributed by atoms with E-state index >= 15 is 0 Å². The zero-order valence-corrected chi connectivity index (χ0v) is 17.3. The Balaban J connectivity index is 1.20. The van der Waals surface area contributed by atoms with Crippen molar-refractivity contribution >= 4 is 5.91 Å². The third-order valence-electron chi connectivity index (χ3n) is 7.16. The van der Waals surface area contributed by atoms with Gasteiger partial charge in [-0.05, 0) is 60.8 Å². The molecule has 3 aliphatic rings. The number of rotatable bonds is 4. The van der Waals surface area contributed by atoms with Gasteiger partial charge in [-0.3, -0.25) is 15.2 Å². The Labute approximate surface area is 178 Å². The number of hydrogen-bond donors (Lipinski definition) is 4. The summed E-state index contributed by atoms with van der Waals surface area (Å²) in [6, 6.07) is 15.7. The molecule has 0 bridgehead atoms. The smallest absolute Gasteiger partial charge is 0.224 e. The van der Waals surface area contributed by atoms with Gasteiger partial charge in [0.05, 0.1) is 12.0 Å². The van der Waals surface area contributed by atoms with E-state index < -0.39 is 0 Å². The number of nitrogens with zero attached hydrogens (tertiary/aromatic N) is 1. The highest BCUT2D eigenvalue weighted by Gasteiger charge is 2.41. The summed E-state index contributed by atoms with van der Waals surface area (Å²) in [7, 11) is 0. The van der Waals surface area contributed by atoms with Crippen LogP contribution in [0.1, 0.15) is 48.8 Å². The first-order valence-corrected chi connectivity index (χ1v) is 11.2. The van der Waals surface area contributed by atoms with Gasteiger partial charge >= 0.3 is 0 Å². The Hall–Kier alpha value is -2.28. The molecule has 3 fully saturated rings. The zero-order valence-electron chi connectivity index (χ0n) is 17.3. The number of hydrazine groups is 1. The predicted octanol–water partition coefficient (Wildman–Crippen LogP) is 2.28. The van der Waals surface area contributed by atoms with Crippen LogP contribution in [0.25, 0.3) is 0 Å². The molecule has 6 heteroatoms. The van der Waals surface area contributed by atoms with Gasteiger partial charge in [0, 0.05) is 37.6 Å². The number of fused-ring (bicyclic) bond motifs is 1. The Kier molecular flexibility index (Phi) is 5.79. The van der Waals surface area contributed by atoms with Crippen molar-refractivity contribution in [1.82, 2.24) is 26.5 Å². The highest BCUT2D eigenvalue weighted by atomic mass is 16.2. The summed E-state index contributed by atoms with van der Waals surface area (Å²) in [4.78, 5) is 17.2. The fourth-order valence-corrected chi connectivity index (χ4v) is 5.53. The van der Waals surface area contributed by atoms with Crippen molar-refractivity contribution in [1.29, 1.82) is 0 Å². The lowest BCUT2D eigenvalue weighted by Gasteiger charge is -2.35. The fraction of sp³-hybridized carbons (Fsp3) is 0.500. The summed E-state index contributed by atoms with van der Waals surface area (Å²) >= 11 is 0. The van der Waals surface area contributed by atoms with Crippen LogP contribution < -0.4 is 21.5 Å². The number of carbonyl (C=O) groups excluding carboxylic acids is 1. The largest absolute Gasteiger partial charge is 0.353 e. The first kappa shape index (κ1) is 19.7. The molecule has 6 atom stereocenters. The van der Waals surface area contributed by atoms with Crippen molar-refractivity contribution in [3.05, 3.63) is 66.0 Å². The van der Waals surface area contributed by atoms with Crippen molar-refractivity contribution in [2.75, 3.05) is 13.1 Å². The van der Waals surface area contributed by atoms with Gasteiger partial charge in [-0.25, -0.2) is 5.43 Å². The first-order valence-electron chi connectivity index (χ1n) is 11.2. The number of carbonyl (C=O) groups is 1. The third-order valence-corrected chi connectivity index (χ3v) is 7.16.